The van der Waals surface area contributed by atoms with Crippen molar-refractivity contribution in [3.8, 4) is 5.75 Å². The molecule has 2 aromatic carbocycles. The molecule has 0 spiro atoms. The molecule has 1 amide bonds. The van der Waals surface area contributed by atoms with Gasteiger partial charge in [-0.3, -0.25) is 4.79 Å². The SMILES string of the molecule is O=C(Cc1ccc(Br)cc1)NN=Cc1cc(Br)cc(Cl)c1O. The molecule has 0 fully saturated rings. The van der Waals surface area contributed by atoms with Gasteiger partial charge in [-0.15, -0.1) is 0 Å². The summed E-state index contributed by atoms with van der Waals surface area (Å²) in [5, 5.41) is 13.8. The molecule has 0 atom stereocenters. The van der Waals surface area contributed by atoms with Crippen molar-refractivity contribution in [1.82, 2.24) is 5.43 Å². The minimum Gasteiger partial charge on any atom is -0.506 e. The van der Waals surface area contributed by atoms with E-state index >= 15 is 0 Å². The summed E-state index contributed by atoms with van der Waals surface area (Å²) in [6.45, 7) is 0. The highest BCUT2D eigenvalue weighted by atomic mass is 79.9. The Morgan fingerprint density at radius 3 is 2.59 bits per heavy atom. The molecule has 0 aliphatic rings. The fraction of sp³-hybridized carbons (Fsp3) is 0.0667. The first-order valence-corrected chi connectivity index (χ1v) is 8.16. The second kappa shape index (κ2) is 7.76. The summed E-state index contributed by atoms with van der Waals surface area (Å²) >= 11 is 12.5. The lowest BCUT2D eigenvalue weighted by Crippen LogP contribution is -2.19. The molecule has 2 rings (SSSR count). The molecule has 114 valence electrons. The molecule has 0 heterocycles. The maximum Gasteiger partial charge on any atom is 0.244 e. The number of carbonyl (C=O) groups excluding carboxylic acids is 1. The van der Waals surface area contributed by atoms with Crippen LogP contribution in [0.1, 0.15) is 11.1 Å². The monoisotopic (exact) mass is 444 g/mol. The van der Waals surface area contributed by atoms with E-state index in [-0.39, 0.29) is 23.1 Å². The van der Waals surface area contributed by atoms with E-state index in [2.05, 4.69) is 42.4 Å². The van der Waals surface area contributed by atoms with Gasteiger partial charge in [0.25, 0.3) is 0 Å². The maximum absolute atomic E-state index is 11.8. The van der Waals surface area contributed by atoms with Gasteiger partial charge in [0.05, 0.1) is 17.7 Å². The topological polar surface area (TPSA) is 61.7 Å². The van der Waals surface area contributed by atoms with Crippen LogP contribution in [0.2, 0.25) is 5.02 Å². The largest absolute Gasteiger partial charge is 0.506 e. The first-order chi connectivity index (χ1) is 10.5. The Morgan fingerprint density at radius 2 is 1.91 bits per heavy atom. The van der Waals surface area contributed by atoms with Crippen LogP contribution in [0.15, 0.2) is 50.4 Å². The van der Waals surface area contributed by atoms with Gasteiger partial charge in [0.2, 0.25) is 5.91 Å². The first-order valence-electron chi connectivity index (χ1n) is 6.20. The summed E-state index contributed by atoms with van der Waals surface area (Å²) < 4.78 is 1.66. The Hall–Kier alpha value is -1.37. The number of hydrogen-bond acceptors (Lipinski definition) is 3. The Balaban J connectivity index is 1.97. The zero-order valence-corrected chi connectivity index (χ0v) is 15.1. The van der Waals surface area contributed by atoms with Crippen molar-refractivity contribution < 1.29 is 9.90 Å². The van der Waals surface area contributed by atoms with Crippen LogP contribution >= 0.6 is 43.5 Å². The lowest BCUT2D eigenvalue weighted by atomic mass is 10.1. The molecule has 0 saturated heterocycles. The molecule has 2 N–H and O–H groups in total. The summed E-state index contributed by atoms with van der Waals surface area (Å²) in [7, 11) is 0. The van der Waals surface area contributed by atoms with Crippen LogP contribution in [-0.4, -0.2) is 17.2 Å². The Labute approximate surface area is 149 Å². The molecule has 0 aliphatic heterocycles. The van der Waals surface area contributed by atoms with E-state index in [0.717, 1.165) is 10.0 Å². The van der Waals surface area contributed by atoms with E-state index in [0.29, 0.717) is 10.0 Å². The number of hydrazone groups is 1. The standard InChI is InChI=1S/C15H11Br2ClN2O2/c16-11-3-1-9(2-4-11)5-14(21)20-19-8-10-6-12(17)7-13(18)15(10)22/h1-4,6-8,22H,5H2,(H,20,21). The van der Waals surface area contributed by atoms with Gasteiger partial charge in [-0.05, 0) is 29.8 Å². The molecule has 0 bridgehead atoms. The summed E-state index contributed by atoms with van der Waals surface area (Å²) in [5.41, 5.74) is 3.69. The minimum absolute atomic E-state index is 0.0872. The van der Waals surface area contributed by atoms with Gasteiger partial charge < -0.3 is 5.11 Å². The molecular formula is C15H11Br2ClN2O2. The van der Waals surface area contributed by atoms with Crippen LogP contribution in [0.3, 0.4) is 0 Å². The molecule has 0 aliphatic carbocycles. The number of nitrogens with zero attached hydrogens (tertiary/aromatic N) is 1. The molecule has 0 unspecified atom stereocenters. The smallest absolute Gasteiger partial charge is 0.244 e. The van der Waals surface area contributed by atoms with Crippen molar-refractivity contribution in [3.05, 3.63) is 61.5 Å². The second-order valence-corrected chi connectivity index (χ2v) is 6.66. The summed E-state index contributed by atoms with van der Waals surface area (Å²) in [6.07, 6.45) is 1.56. The number of phenolic OH excluding ortho intramolecular Hbond substituents is 1. The van der Waals surface area contributed by atoms with Gasteiger partial charge in [-0.2, -0.15) is 5.10 Å². The number of phenols is 1. The van der Waals surface area contributed by atoms with Crippen LogP contribution in [0.4, 0.5) is 0 Å². The van der Waals surface area contributed by atoms with Crippen molar-refractivity contribution in [2.24, 2.45) is 5.10 Å². The number of amides is 1. The normalized spacial score (nSPS) is 10.9. The van der Waals surface area contributed by atoms with E-state index in [1.54, 1.807) is 12.1 Å². The Morgan fingerprint density at radius 1 is 1.23 bits per heavy atom. The van der Waals surface area contributed by atoms with Gasteiger partial charge in [-0.25, -0.2) is 5.43 Å². The van der Waals surface area contributed by atoms with Crippen molar-refractivity contribution in [1.29, 1.82) is 0 Å². The highest BCUT2D eigenvalue weighted by Crippen LogP contribution is 2.30. The molecule has 7 heteroatoms. The average molecular weight is 447 g/mol. The Kier molecular flexibility index (Phi) is 5.99. The summed E-state index contributed by atoms with van der Waals surface area (Å²) in [4.78, 5) is 11.8. The van der Waals surface area contributed by atoms with E-state index in [4.69, 9.17) is 11.6 Å². The Bertz CT molecular complexity index is 718. The van der Waals surface area contributed by atoms with E-state index in [9.17, 15) is 9.90 Å². The molecule has 0 aromatic heterocycles. The molecule has 2 aromatic rings. The van der Waals surface area contributed by atoms with E-state index in [1.807, 2.05) is 24.3 Å². The average Bonchev–Trinajstić information content (AvgIpc) is 2.46. The highest BCUT2D eigenvalue weighted by molar-refractivity contribution is 9.10. The van der Waals surface area contributed by atoms with Gasteiger partial charge >= 0.3 is 0 Å². The van der Waals surface area contributed by atoms with Crippen LogP contribution < -0.4 is 5.43 Å². The number of nitrogens with one attached hydrogen (secondary N) is 1. The van der Waals surface area contributed by atoms with Gasteiger partial charge in [0, 0.05) is 14.5 Å². The van der Waals surface area contributed by atoms with E-state index in [1.165, 1.54) is 6.21 Å². The predicted octanol–water partition coefficient (Wildman–Crippen LogP) is 4.26. The van der Waals surface area contributed by atoms with Crippen LogP contribution in [0.5, 0.6) is 5.75 Å². The van der Waals surface area contributed by atoms with Crippen LogP contribution in [0.25, 0.3) is 0 Å². The third kappa shape index (κ3) is 4.83. The highest BCUT2D eigenvalue weighted by Gasteiger charge is 2.06. The third-order valence-corrected chi connectivity index (χ3v) is 4.00. The lowest BCUT2D eigenvalue weighted by molar-refractivity contribution is -0.120. The predicted molar refractivity (Wildman–Crippen MR) is 94.4 cm³/mol. The molecule has 22 heavy (non-hydrogen) atoms. The van der Waals surface area contributed by atoms with Crippen LogP contribution in [-0.2, 0) is 11.2 Å². The summed E-state index contributed by atoms with van der Waals surface area (Å²) in [6, 6.07) is 10.7. The fourth-order valence-corrected chi connectivity index (χ4v) is 2.78. The zero-order chi connectivity index (χ0) is 16.1. The van der Waals surface area contributed by atoms with E-state index < -0.39 is 0 Å². The minimum atomic E-state index is -0.251. The van der Waals surface area contributed by atoms with Crippen LogP contribution in [0, 0.1) is 0 Å². The lowest BCUT2D eigenvalue weighted by Gasteiger charge is -2.03. The number of benzene rings is 2. The number of halogens is 3. The van der Waals surface area contributed by atoms with Gasteiger partial charge in [0.1, 0.15) is 5.75 Å². The van der Waals surface area contributed by atoms with Crippen molar-refractivity contribution in [2.45, 2.75) is 6.42 Å². The zero-order valence-electron chi connectivity index (χ0n) is 11.2. The fourth-order valence-electron chi connectivity index (χ4n) is 1.69. The van der Waals surface area contributed by atoms with Crippen molar-refractivity contribution in [2.75, 3.05) is 0 Å². The van der Waals surface area contributed by atoms with Gasteiger partial charge in [-0.1, -0.05) is 55.6 Å². The molecular weight excluding hydrogens is 435 g/mol. The summed E-state index contributed by atoms with van der Waals surface area (Å²) in [5.74, 6) is -0.338. The third-order valence-electron chi connectivity index (χ3n) is 2.73. The van der Waals surface area contributed by atoms with Crippen molar-refractivity contribution >= 4 is 55.6 Å². The first kappa shape index (κ1) is 17.0. The second-order valence-electron chi connectivity index (χ2n) is 4.42. The number of carbonyl (C=O) groups is 1. The molecule has 4 nitrogen and oxygen atoms in total. The number of aromatic hydroxyl groups is 1. The number of rotatable bonds is 4. The molecule has 0 saturated carbocycles. The quantitative estimate of drug-likeness (QED) is 0.545. The van der Waals surface area contributed by atoms with Crippen molar-refractivity contribution in [3.63, 3.8) is 0 Å². The number of hydrogen-bond donors (Lipinski definition) is 2. The van der Waals surface area contributed by atoms with Gasteiger partial charge in [0.15, 0.2) is 0 Å². The maximum atomic E-state index is 11.8. The molecule has 0 radical (unpaired) electrons.